The van der Waals surface area contributed by atoms with Crippen LogP contribution in [0.4, 0.5) is 0 Å². The average Bonchev–Trinajstić information content (AvgIpc) is 3.07. The summed E-state index contributed by atoms with van der Waals surface area (Å²) in [6.07, 6.45) is 2.65. The number of nitrogens with zero attached hydrogens (tertiary/aromatic N) is 4. The number of nitrogens with one attached hydrogen (secondary N) is 2. The molecule has 2 fully saturated rings. The molecule has 0 aromatic carbocycles. The molecule has 0 aliphatic carbocycles. The second-order valence-electron chi connectivity index (χ2n) is 4.48. The van der Waals surface area contributed by atoms with Crippen molar-refractivity contribution in [1.29, 1.82) is 11.1 Å². The molecule has 2 heterocycles. The van der Waals surface area contributed by atoms with Crippen LogP contribution in [0.3, 0.4) is 0 Å². The molecule has 12 heteroatoms. The number of hydrogen-bond acceptors (Lipinski definition) is 8. The van der Waals surface area contributed by atoms with Crippen molar-refractivity contribution in [3.63, 3.8) is 0 Å². The van der Waals surface area contributed by atoms with Crippen LogP contribution in [-0.4, -0.2) is 47.1 Å². The van der Waals surface area contributed by atoms with Gasteiger partial charge in [-0.05, 0) is 25.7 Å². The summed E-state index contributed by atoms with van der Waals surface area (Å²) in [5.74, 6) is -2.26. The SMILES string of the molecule is N=NN1CCCC1C(=O)[O-].N=NN1CCCC1C(=O)[O-].[Na+].[Na+]. The van der Waals surface area contributed by atoms with E-state index in [0.29, 0.717) is 25.9 Å². The first kappa shape index (κ1) is 24.0. The first-order valence-electron chi connectivity index (χ1n) is 6.21. The first-order chi connectivity index (χ1) is 9.51. The Kier molecular flexibility index (Phi) is 13.3. The minimum absolute atomic E-state index is 0. The van der Waals surface area contributed by atoms with E-state index in [4.69, 9.17) is 11.1 Å². The van der Waals surface area contributed by atoms with Gasteiger partial charge >= 0.3 is 59.1 Å². The second-order valence-corrected chi connectivity index (χ2v) is 4.48. The van der Waals surface area contributed by atoms with Gasteiger partial charge in [-0.2, -0.15) is 11.1 Å². The van der Waals surface area contributed by atoms with Crippen molar-refractivity contribution in [2.24, 2.45) is 10.4 Å². The maximum atomic E-state index is 10.3. The van der Waals surface area contributed by atoms with Gasteiger partial charge in [-0.3, -0.25) is 10.0 Å². The van der Waals surface area contributed by atoms with E-state index < -0.39 is 24.0 Å². The van der Waals surface area contributed by atoms with Gasteiger partial charge in [0, 0.05) is 13.1 Å². The molecule has 0 amide bonds. The third kappa shape index (κ3) is 6.88. The van der Waals surface area contributed by atoms with E-state index in [-0.39, 0.29) is 59.1 Å². The topological polar surface area (TPSA) is 159 Å². The minimum atomic E-state index is -1.13. The molecular weight excluding hydrogens is 314 g/mol. The van der Waals surface area contributed by atoms with Gasteiger partial charge in [0.15, 0.2) is 0 Å². The zero-order valence-electron chi connectivity index (χ0n) is 12.8. The quantitative estimate of drug-likeness (QED) is 0.385. The fourth-order valence-electron chi connectivity index (χ4n) is 2.22. The molecule has 10 nitrogen and oxygen atoms in total. The molecule has 0 radical (unpaired) electrons. The molecule has 2 aliphatic heterocycles. The van der Waals surface area contributed by atoms with Crippen molar-refractivity contribution >= 4 is 11.9 Å². The Balaban J connectivity index is 0. The smallest absolute Gasteiger partial charge is 0.548 e. The molecule has 2 saturated heterocycles. The van der Waals surface area contributed by atoms with Crippen molar-refractivity contribution in [1.82, 2.24) is 10.0 Å². The van der Waals surface area contributed by atoms with E-state index in [1.165, 1.54) is 10.0 Å². The fourth-order valence-corrected chi connectivity index (χ4v) is 2.22. The summed E-state index contributed by atoms with van der Waals surface area (Å²) in [5, 5.41) is 29.1. The third-order valence-corrected chi connectivity index (χ3v) is 3.25. The van der Waals surface area contributed by atoms with Gasteiger partial charge in [-0.1, -0.05) is 10.4 Å². The summed E-state index contributed by atoms with van der Waals surface area (Å²) in [4.78, 5) is 20.5. The summed E-state index contributed by atoms with van der Waals surface area (Å²) in [6, 6.07) is -1.34. The van der Waals surface area contributed by atoms with Crippen LogP contribution in [-0.2, 0) is 9.59 Å². The Morgan fingerprint density at radius 1 is 0.864 bits per heavy atom. The molecule has 22 heavy (non-hydrogen) atoms. The van der Waals surface area contributed by atoms with Crippen LogP contribution in [0.15, 0.2) is 10.4 Å². The minimum Gasteiger partial charge on any atom is -0.548 e. The Hall–Kier alpha value is -0.260. The number of hydrogen-bond donors (Lipinski definition) is 2. The molecule has 2 unspecified atom stereocenters. The molecule has 0 bridgehead atoms. The number of carbonyl (C=O) groups is 2. The van der Waals surface area contributed by atoms with Crippen LogP contribution in [0.2, 0.25) is 0 Å². The van der Waals surface area contributed by atoms with Crippen LogP contribution in [0, 0.1) is 11.1 Å². The van der Waals surface area contributed by atoms with Crippen molar-refractivity contribution < 1.29 is 78.9 Å². The van der Waals surface area contributed by atoms with Gasteiger partial charge in [0.25, 0.3) is 0 Å². The van der Waals surface area contributed by atoms with E-state index in [1.54, 1.807) is 0 Å². The van der Waals surface area contributed by atoms with Crippen LogP contribution in [0.1, 0.15) is 25.7 Å². The van der Waals surface area contributed by atoms with Gasteiger partial charge < -0.3 is 19.8 Å². The van der Waals surface area contributed by atoms with Crippen molar-refractivity contribution in [3.05, 3.63) is 0 Å². The first-order valence-corrected chi connectivity index (χ1v) is 6.21. The van der Waals surface area contributed by atoms with Crippen molar-refractivity contribution in [3.8, 4) is 0 Å². The molecule has 2 N–H and O–H groups in total. The van der Waals surface area contributed by atoms with Crippen molar-refractivity contribution in [2.45, 2.75) is 37.8 Å². The molecular formula is C10H16N6Na2O4. The molecule has 0 aromatic rings. The van der Waals surface area contributed by atoms with Crippen LogP contribution >= 0.6 is 0 Å². The summed E-state index contributed by atoms with van der Waals surface area (Å²) >= 11 is 0. The normalized spacial score (nSPS) is 22.5. The van der Waals surface area contributed by atoms with E-state index in [0.717, 1.165) is 12.8 Å². The average molecular weight is 330 g/mol. The Labute approximate surface area is 172 Å². The van der Waals surface area contributed by atoms with Gasteiger partial charge in [0.1, 0.15) is 0 Å². The zero-order chi connectivity index (χ0) is 15.1. The molecule has 0 spiro atoms. The van der Waals surface area contributed by atoms with E-state index in [9.17, 15) is 19.8 Å². The fraction of sp³-hybridized carbons (Fsp3) is 0.800. The maximum absolute atomic E-state index is 10.3. The molecule has 2 aliphatic rings. The predicted molar refractivity (Wildman–Crippen MR) is 59.8 cm³/mol. The van der Waals surface area contributed by atoms with Gasteiger partial charge in [-0.25, -0.2) is 0 Å². The summed E-state index contributed by atoms with van der Waals surface area (Å²) < 4.78 is 0. The summed E-state index contributed by atoms with van der Waals surface area (Å²) in [6.45, 7) is 1.12. The molecule has 0 saturated carbocycles. The number of carboxylic acids is 2. The standard InChI is InChI=1S/2C5H9N3O2.2Na/c2*6-7-8-3-1-2-4(8)5(9)10;;/h2*4,6H,1-3H2,(H,9,10);;/q;;2*+1/p-2. The second kappa shape index (κ2) is 12.2. The van der Waals surface area contributed by atoms with Gasteiger partial charge in [0.2, 0.25) is 0 Å². The predicted octanol–water partition coefficient (Wildman–Crippen LogP) is -7.70. The van der Waals surface area contributed by atoms with Crippen LogP contribution in [0.5, 0.6) is 0 Å². The zero-order valence-corrected chi connectivity index (χ0v) is 16.8. The maximum Gasteiger partial charge on any atom is 1.00 e. The van der Waals surface area contributed by atoms with Crippen LogP contribution in [0.25, 0.3) is 0 Å². The summed E-state index contributed by atoms with van der Waals surface area (Å²) in [5.41, 5.74) is 13.2. The Morgan fingerprint density at radius 2 is 1.18 bits per heavy atom. The molecule has 2 rings (SSSR count). The van der Waals surface area contributed by atoms with Gasteiger partial charge in [-0.15, -0.1) is 0 Å². The number of carbonyl (C=O) groups excluding carboxylic acids is 2. The number of aliphatic carboxylic acids is 2. The van der Waals surface area contributed by atoms with E-state index in [2.05, 4.69) is 10.4 Å². The summed E-state index contributed by atoms with van der Waals surface area (Å²) in [7, 11) is 0. The van der Waals surface area contributed by atoms with Crippen LogP contribution < -0.4 is 69.3 Å². The monoisotopic (exact) mass is 330 g/mol. The third-order valence-electron chi connectivity index (χ3n) is 3.25. The number of rotatable bonds is 4. The molecule has 0 aromatic heterocycles. The largest absolute Gasteiger partial charge is 1.00 e. The van der Waals surface area contributed by atoms with E-state index >= 15 is 0 Å². The van der Waals surface area contributed by atoms with Gasteiger partial charge in [0.05, 0.1) is 24.0 Å². The Morgan fingerprint density at radius 3 is 1.36 bits per heavy atom. The Bertz CT molecular complexity index is 364. The molecule has 112 valence electrons. The molecule has 2 atom stereocenters. The number of carboxylic acid groups (broad SMARTS) is 2. The van der Waals surface area contributed by atoms with Crippen molar-refractivity contribution in [2.75, 3.05) is 13.1 Å². The van der Waals surface area contributed by atoms with E-state index in [1.807, 2.05) is 0 Å².